The number of aliphatic carboxylic acids is 2. The number of carboxylic acids is 2. The minimum absolute atomic E-state index is 0.125. The number of phenolic OH excluding ortho intramolecular Hbond substituents is 1. The van der Waals surface area contributed by atoms with E-state index in [1.807, 2.05) is 31.2 Å². The van der Waals surface area contributed by atoms with Gasteiger partial charge in [-0.2, -0.15) is 0 Å². The van der Waals surface area contributed by atoms with Gasteiger partial charge in [0, 0.05) is 48.6 Å². The molecule has 0 saturated carbocycles. The highest BCUT2D eigenvalue weighted by atomic mass is 16.4. The quantitative estimate of drug-likeness (QED) is 0.207. The van der Waals surface area contributed by atoms with Crippen LogP contribution in [-0.4, -0.2) is 77.2 Å². The van der Waals surface area contributed by atoms with Gasteiger partial charge < -0.3 is 35.8 Å². The van der Waals surface area contributed by atoms with Crippen LogP contribution >= 0.6 is 0 Å². The average Bonchev–Trinajstić information content (AvgIpc) is 3.18. The van der Waals surface area contributed by atoms with Crippen LogP contribution in [0.25, 0.3) is 0 Å². The number of amides is 2. The number of para-hydroxylation sites is 1. The predicted molar refractivity (Wildman–Crippen MR) is 160 cm³/mol. The Morgan fingerprint density at radius 2 is 1.31 bits per heavy atom. The van der Waals surface area contributed by atoms with Crippen molar-refractivity contribution < 1.29 is 34.5 Å². The predicted octanol–water partition coefficient (Wildman–Crippen LogP) is 4.06. The lowest BCUT2D eigenvalue weighted by molar-refractivity contribution is -0.134. The summed E-state index contributed by atoms with van der Waals surface area (Å²) in [5, 5.41) is 31.6. The summed E-state index contributed by atoms with van der Waals surface area (Å²) in [5.74, 6) is -3.33. The maximum Gasteiger partial charge on any atom is 0.328 e. The molecular formula is C31H34N4O7. The van der Waals surface area contributed by atoms with Crippen LogP contribution in [0, 0.1) is 6.92 Å². The van der Waals surface area contributed by atoms with Crippen molar-refractivity contribution in [3.8, 4) is 5.75 Å². The number of carbonyl (C=O) groups excluding carboxylic acids is 2. The molecule has 5 N–H and O–H groups in total. The fourth-order valence-electron chi connectivity index (χ4n) is 4.13. The molecule has 0 radical (unpaired) electrons. The maximum atomic E-state index is 12.9. The van der Waals surface area contributed by atoms with Crippen LogP contribution in [0.3, 0.4) is 0 Å². The third-order valence-corrected chi connectivity index (χ3v) is 6.43. The van der Waals surface area contributed by atoms with Crippen molar-refractivity contribution in [2.75, 3.05) is 48.8 Å². The van der Waals surface area contributed by atoms with Gasteiger partial charge in [0.15, 0.2) is 0 Å². The monoisotopic (exact) mass is 574 g/mol. The fourth-order valence-corrected chi connectivity index (χ4v) is 4.13. The first kappa shape index (κ1) is 31.4. The van der Waals surface area contributed by atoms with E-state index in [0.717, 1.165) is 43.9 Å². The SMILES string of the molecule is Cc1ccc(C(=O)Nc2cccc(O)c2NC(=O)c2ccc(N3CCCN(C)CC3)cc2)cc1.O=C(O)/C=C\C(=O)O. The number of anilines is 3. The van der Waals surface area contributed by atoms with E-state index in [4.69, 9.17) is 10.2 Å². The second-order valence-electron chi connectivity index (χ2n) is 9.67. The van der Waals surface area contributed by atoms with Crippen molar-refractivity contribution in [2.45, 2.75) is 13.3 Å². The Morgan fingerprint density at radius 1 is 0.738 bits per heavy atom. The van der Waals surface area contributed by atoms with Gasteiger partial charge >= 0.3 is 11.9 Å². The normalized spacial score (nSPS) is 13.4. The maximum absolute atomic E-state index is 12.9. The van der Waals surface area contributed by atoms with Crippen LogP contribution in [0.15, 0.2) is 78.9 Å². The van der Waals surface area contributed by atoms with E-state index in [9.17, 15) is 24.3 Å². The molecule has 0 atom stereocenters. The second-order valence-corrected chi connectivity index (χ2v) is 9.67. The summed E-state index contributed by atoms with van der Waals surface area (Å²) in [6.07, 6.45) is 2.22. The molecule has 1 heterocycles. The molecule has 1 aliphatic heterocycles. The van der Waals surface area contributed by atoms with E-state index in [0.29, 0.717) is 29.0 Å². The summed E-state index contributed by atoms with van der Waals surface area (Å²) < 4.78 is 0. The highest BCUT2D eigenvalue weighted by Crippen LogP contribution is 2.32. The molecule has 0 aromatic heterocycles. The van der Waals surface area contributed by atoms with Crippen LogP contribution in [0.1, 0.15) is 32.7 Å². The van der Waals surface area contributed by atoms with Crippen molar-refractivity contribution >= 4 is 40.8 Å². The van der Waals surface area contributed by atoms with Crippen molar-refractivity contribution in [1.29, 1.82) is 0 Å². The van der Waals surface area contributed by atoms with E-state index in [1.165, 1.54) is 6.07 Å². The molecule has 0 unspecified atom stereocenters. The second kappa shape index (κ2) is 15.0. The summed E-state index contributed by atoms with van der Waals surface area (Å²) in [6.45, 7) is 5.97. The number of carbonyl (C=O) groups is 4. The summed E-state index contributed by atoms with van der Waals surface area (Å²) in [4.78, 5) is 49.4. The summed E-state index contributed by atoms with van der Waals surface area (Å²) in [5.41, 5.74) is 3.57. The van der Waals surface area contributed by atoms with Gasteiger partial charge in [-0.3, -0.25) is 9.59 Å². The Labute approximate surface area is 243 Å². The van der Waals surface area contributed by atoms with Crippen molar-refractivity contribution in [2.24, 2.45) is 0 Å². The largest absolute Gasteiger partial charge is 0.506 e. The smallest absolute Gasteiger partial charge is 0.328 e. The molecular weight excluding hydrogens is 540 g/mol. The number of nitrogens with zero attached hydrogens (tertiary/aromatic N) is 2. The summed E-state index contributed by atoms with van der Waals surface area (Å²) in [7, 11) is 2.13. The van der Waals surface area contributed by atoms with Crippen LogP contribution in [0.4, 0.5) is 17.1 Å². The first-order valence-electron chi connectivity index (χ1n) is 13.2. The van der Waals surface area contributed by atoms with E-state index >= 15 is 0 Å². The Balaban J connectivity index is 0.000000531. The number of carboxylic acid groups (broad SMARTS) is 2. The molecule has 3 aromatic rings. The highest BCUT2D eigenvalue weighted by molar-refractivity contribution is 6.11. The average molecular weight is 575 g/mol. The van der Waals surface area contributed by atoms with Crippen molar-refractivity contribution in [1.82, 2.24) is 4.90 Å². The number of hydrogen-bond acceptors (Lipinski definition) is 7. The number of aromatic hydroxyl groups is 1. The molecule has 0 aliphatic carbocycles. The molecule has 42 heavy (non-hydrogen) atoms. The number of aryl methyl sites for hydroxylation is 1. The Bertz CT molecular complexity index is 1420. The first-order valence-corrected chi connectivity index (χ1v) is 13.2. The molecule has 3 aromatic carbocycles. The van der Waals surface area contributed by atoms with Crippen LogP contribution in [0.2, 0.25) is 0 Å². The molecule has 4 rings (SSSR count). The van der Waals surface area contributed by atoms with Gasteiger partial charge in [-0.25, -0.2) is 9.59 Å². The van der Waals surface area contributed by atoms with Gasteiger partial charge in [-0.15, -0.1) is 0 Å². The lowest BCUT2D eigenvalue weighted by Gasteiger charge is -2.23. The third kappa shape index (κ3) is 9.49. The molecule has 0 spiro atoms. The van der Waals surface area contributed by atoms with Gasteiger partial charge in [0.05, 0.1) is 5.69 Å². The fraction of sp³-hybridized carbons (Fsp3) is 0.226. The standard InChI is InChI=1S/C27H30N4O3.C4H4O4/c1-19-7-9-20(10-8-19)26(33)28-23-5-3-6-24(32)25(23)29-27(34)21-11-13-22(14-12-21)31-16-4-15-30(2)17-18-31;5-3(6)1-2-4(7)8/h3,5-14,32H,4,15-18H2,1-2H3,(H,28,33)(H,29,34);1-2H,(H,5,6)(H,7,8)/b;2-1-. The van der Waals surface area contributed by atoms with Gasteiger partial charge in [-0.1, -0.05) is 23.8 Å². The Morgan fingerprint density at radius 3 is 1.90 bits per heavy atom. The third-order valence-electron chi connectivity index (χ3n) is 6.43. The van der Waals surface area contributed by atoms with Crippen LogP contribution < -0.4 is 15.5 Å². The number of phenols is 1. The number of benzene rings is 3. The topological polar surface area (TPSA) is 160 Å². The minimum atomic E-state index is -1.26. The number of nitrogens with one attached hydrogen (secondary N) is 2. The zero-order valence-electron chi connectivity index (χ0n) is 23.4. The zero-order valence-corrected chi connectivity index (χ0v) is 23.4. The van der Waals surface area contributed by atoms with Crippen LogP contribution in [-0.2, 0) is 9.59 Å². The summed E-state index contributed by atoms with van der Waals surface area (Å²) in [6, 6.07) is 19.4. The summed E-state index contributed by atoms with van der Waals surface area (Å²) >= 11 is 0. The van der Waals surface area contributed by atoms with Crippen molar-refractivity contribution in [3.63, 3.8) is 0 Å². The van der Waals surface area contributed by atoms with E-state index in [1.54, 1.807) is 36.4 Å². The highest BCUT2D eigenvalue weighted by Gasteiger charge is 2.17. The Hall–Kier alpha value is -5.16. The van der Waals surface area contributed by atoms with Crippen molar-refractivity contribution in [3.05, 3.63) is 95.6 Å². The minimum Gasteiger partial charge on any atom is -0.506 e. The number of hydrogen-bond donors (Lipinski definition) is 5. The number of rotatable bonds is 7. The first-order chi connectivity index (χ1) is 20.0. The van der Waals surface area contributed by atoms with Gasteiger partial charge in [0.25, 0.3) is 11.8 Å². The molecule has 0 bridgehead atoms. The zero-order chi connectivity index (χ0) is 30.6. The molecule has 220 valence electrons. The van der Waals surface area contributed by atoms with E-state index in [-0.39, 0.29) is 23.3 Å². The van der Waals surface area contributed by atoms with Gasteiger partial charge in [-0.05, 0) is 75.5 Å². The molecule has 1 aliphatic rings. The molecule has 11 nitrogen and oxygen atoms in total. The molecule has 2 amide bonds. The lowest BCUT2D eigenvalue weighted by Crippen LogP contribution is -2.28. The van der Waals surface area contributed by atoms with Crippen LogP contribution in [0.5, 0.6) is 5.75 Å². The van der Waals surface area contributed by atoms with E-state index < -0.39 is 11.9 Å². The van der Waals surface area contributed by atoms with E-state index in [2.05, 4.69) is 27.5 Å². The molecule has 1 fully saturated rings. The Kier molecular flexibility index (Phi) is 11.2. The van der Waals surface area contributed by atoms with Gasteiger partial charge in [0.1, 0.15) is 11.4 Å². The molecule has 1 saturated heterocycles. The molecule has 11 heteroatoms. The van der Waals surface area contributed by atoms with Gasteiger partial charge in [0.2, 0.25) is 0 Å². The number of likely N-dealkylation sites (N-methyl/N-ethyl adjacent to an activating group) is 1. The lowest BCUT2D eigenvalue weighted by atomic mass is 10.1.